The van der Waals surface area contributed by atoms with E-state index in [4.69, 9.17) is 10.4 Å². The SMILES string of the molecule is N#Cc1ccccc1CN1CCCC(C(=O)O)C1. The van der Waals surface area contributed by atoms with E-state index in [2.05, 4.69) is 11.0 Å². The second kappa shape index (κ2) is 5.65. The van der Waals surface area contributed by atoms with Crippen LogP contribution in [0.25, 0.3) is 0 Å². The lowest BCUT2D eigenvalue weighted by Gasteiger charge is -2.30. The molecule has 1 aliphatic rings. The zero-order valence-electron chi connectivity index (χ0n) is 10.2. The van der Waals surface area contributed by atoms with E-state index in [0.29, 0.717) is 18.7 Å². The number of hydrogen-bond donors (Lipinski definition) is 1. The molecule has 1 aliphatic heterocycles. The maximum absolute atomic E-state index is 11.0. The molecule has 0 radical (unpaired) electrons. The number of nitriles is 1. The van der Waals surface area contributed by atoms with Crippen LogP contribution in [0.2, 0.25) is 0 Å². The molecule has 1 heterocycles. The van der Waals surface area contributed by atoms with E-state index in [1.54, 1.807) is 6.07 Å². The van der Waals surface area contributed by atoms with Gasteiger partial charge in [-0.2, -0.15) is 5.26 Å². The summed E-state index contributed by atoms with van der Waals surface area (Å²) in [5.74, 6) is -0.985. The Kier molecular flexibility index (Phi) is 3.96. The van der Waals surface area contributed by atoms with Crippen molar-refractivity contribution in [2.45, 2.75) is 19.4 Å². The summed E-state index contributed by atoms with van der Waals surface area (Å²) in [5, 5.41) is 18.1. The van der Waals surface area contributed by atoms with Gasteiger partial charge >= 0.3 is 5.97 Å². The third-order valence-corrected chi connectivity index (χ3v) is 3.39. The highest BCUT2D eigenvalue weighted by molar-refractivity contribution is 5.70. The Morgan fingerprint density at radius 3 is 3.00 bits per heavy atom. The average Bonchev–Trinajstić information content (AvgIpc) is 2.39. The van der Waals surface area contributed by atoms with Gasteiger partial charge in [0.15, 0.2) is 0 Å². The lowest BCUT2D eigenvalue weighted by atomic mass is 9.97. The molecule has 1 aromatic rings. The minimum Gasteiger partial charge on any atom is -0.481 e. The van der Waals surface area contributed by atoms with E-state index in [1.165, 1.54) is 0 Å². The molecule has 4 nitrogen and oxygen atoms in total. The molecule has 0 aliphatic carbocycles. The molecule has 1 N–H and O–H groups in total. The normalized spacial score (nSPS) is 20.3. The van der Waals surface area contributed by atoms with Crippen molar-refractivity contribution >= 4 is 5.97 Å². The first-order chi connectivity index (χ1) is 8.70. The minimum absolute atomic E-state index is 0.270. The monoisotopic (exact) mass is 244 g/mol. The zero-order valence-corrected chi connectivity index (χ0v) is 10.2. The fourth-order valence-electron chi connectivity index (χ4n) is 2.41. The molecular formula is C14H16N2O2. The van der Waals surface area contributed by atoms with Crippen molar-refractivity contribution in [3.05, 3.63) is 35.4 Å². The van der Waals surface area contributed by atoms with Gasteiger partial charge in [-0.1, -0.05) is 18.2 Å². The predicted octanol–water partition coefficient (Wildman–Crippen LogP) is 1.85. The quantitative estimate of drug-likeness (QED) is 0.881. The van der Waals surface area contributed by atoms with Crippen molar-refractivity contribution in [1.29, 1.82) is 5.26 Å². The molecule has 18 heavy (non-hydrogen) atoms. The molecule has 0 aromatic heterocycles. The van der Waals surface area contributed by atoms with Gasteiger partial charge in [0.25, 0.3) is 0 Å². The van der Waals surface area contributed by atoms with Gasteiger partial charge in [-0.05, 0) is 31.0 Å². The maximum Gasteiger partial charge on any atom is 0.307 e. The smallest absolute Gasteiger partial charge is 0.307 e. The number of carboxylic acids is 1. The first kappa shape index (κ1) is 12.6. The predicted molar refractivity (Wildman–Crippen MR) is 66.8 cm³/mol. The Morgan fingerprint density at radius 2 is 2.28 bits per heavy atom. The third kappa shape index (κ3) is 2.88. The first-order valence-electron chi connectivity index (χ1n) is 6.14. The number of rotatable bonds is 3. The van der Waals surface area contributed by atoms with E-state index in [1.807, 2.05) is 18.2 Å². The van der Waals surface area contributed by atoms with Gasteiger partial charge in [-0.3, -0.25) is 9.69 Å². The van der Waals surface area contributed by atoms with Crippen molar-refractivity contribution < 1.29 is 9.90 Å². The number of hydrogen-bond acceptors (Lipinski definition) is 3. The Balaban J connectivity index is 2.05. The third-order valence-electron chi connectivity index (χ3n) is 3.39. The fraction of sp³-hybridized carbons (Fsp3) is 0.429. The van der Waals surface area contributed by atoms with Crippen LogP contribution in [0.1, 0.15) is 24.0 Å². The molecule has 2 rings (SSSR count). The Hall–Kier alpha value is -1.86. The molecular weight excluding hydrogens is 228 g/mol. The highest BCUT2D eigenvalue weighted by Gasteiger charge is 2.25. The number of likely N-dealkylation sites (tertiary alicyclic amines) is 1. The summed E-state index contributed by atoms with van der Waals surface area (Å²) in [4.78, 5) is 13.1. The van der Waals surface area contributed by atoms with E-state index >= 15 is 0 Å². The number of carboxylic acid groups (broad SMARTS) is 1. The van der Waals surface area contributed by atoms with E-state index in [0.717, 1.165) is 24.9 Å². The lowest BCUT2D eigenvalue weighted by Crippen LogP contribution is -2.38. The van der Waals surface area contributed by atoms with Crippen LogP contribution in [-0.2, 0) is 11.3 Å². The van der Waals surface area contributed by atoms with Crippen LogP contribution >= 0.6 is 0 Å². The summed E-state index contributed by atoms with van der Waals surface area (Å²) in [6, 6.07) is 9.67. The summed E-state index contributed by atoms with van der Waals surface area (Å²) in [6.45, 7) is 2.14. The van der Waals surface area contributed by atoms with Crippen molar-refractivity contribution in [1.82, 2.24) is 4.90 Å². The largest absolute Gasteiger partial charge is 0.481 e. The van der Waals surface area contributed by atoms with Crippen LogP contribution in [-0.4, -0.2) is 29.1 Å². The maximum atomic E-state index is 11.0. The van der Waals surface area contributed by atoms with E-state index in [-0.39, 0.29) is 5.92 Å². The summed E-state index contributed by atoms with van der Waals surface area (Å²) in [6.07, 6.45) is 1.66. The zero-order chi connectivity index (χ0) is 13.0. The highest BCUT2D eigenvalue weighted by atomic mass is 16.4. The summed E-state index contributed by atoms with van der Waals surface area (Å²) in [7, 11) is 0. The summed E-state index contributed by atoms with van der Waals surface area (Å²) < 4.78 is 0. The van der Waals surface area contributed by atoms with Crippen molar-refractivity contribution in [2.24, 2.45) is 5.92 Å². The van der Waals surface area contributed by atoms with Crippen LogP contribution < -0.4 is 0 Å². The van der Waals surface area contributed by atoms with Crippen LogP contribution in [0.3, 0.4) is 0 Å². The molecule has 0 amide bonds. The van der Waals surface area contributed by atoms with Gasteiger partial charge < -0.3 is 5.11 Å². The van der Waals surface area contributed by atoms with Gasteiger partial charge in [0, 0.05) is 13.1 Å². The average molecular weight is 244 g/mol. The molecule has 1 saturated heterocycles. The van der Waals surface area contributed by atoms with Crippen molar-refractivity contribution in [3.63, 3.8) is 0 Å². The first-order valence-corrected chi connectivity index (χ1v) is 6.14. The Morgan fingerprint density at radius 1 is 1.50 bits per heavy atom. The molecule has 94 valence electrons. The lowest BCUT2D eigenvalue weighted by molar-refractivity contribution is -0.143. The Bertz CT molecular complexity index is 479. The van der Waals surface area contributed by atoms with Crippen LogP contribution in [0, 0.1) is 17.2 Å². The standard InChI is InChI=1S/C14H16N2O2/c15-8-11-4-1-2-5-12(11)9-16-7-3-6-13(10-16)14(17)18/h1-2,4-5,13H,3,6-7,9-10H2,(H,17,18). The van der Waals surface area contributed by atoms with Gasteiger partial charge in [0.1, 0.15) is 0 Å². The van der Waals surface area contributed by atoms with Crippen LogP contribution in [0.5, 0.6) is 0 Å². The molecule has 4 heteroatoms. The number of benzene rings is 1. The Labute approximate surface area is 106 Å². The van der Waals surface area contributed by atoms with Gasteiger partial charge in [-0.15, -0.1) is 0 Å². The van der Waals surface area contributed by atoms with Gasteiger partial charge in [0.2, 0.25) is 0 Å². The number of piperidine rings is 1. The van der Waals surface area contributed by atoms with Crippen LogP contribution in [0.15, 0.2) is 24.3 Å². The molecule has 1 fully saturated rings. The second-order valence-corrected chi connectivity index (χ2v) is 4.68. The van der Waals surface area contributed by atoms with Crippen molar-refractivity contribution in [3.8, 4) is 6.07 Å². The van der Waals surface area contributed by atoms with Crippen LogP contribution in [0.4, 0.5) is 0 Å². The van der Waals surface area contributed by atoms with E-state index in [9.17, 15) is 4.79 Å². The fourth-order valence-corrected chi connectivity index (χ4v) is 2.41. The molecule has 1 unspecified atom stereocenters. The minimum atomic E-state index is -0.715. The van der Waals surface area contributed by atoms with E-state index < -0.39 is 5.97 Å². The molecule has 1 aromatic carbocycles. The van der Waals surface area contributed by atoms with Crippen molar-refractivity contribution in [2.75, 3.05) is 13.1 Å². The van der Waals surface area contributed by atoms with Gasteiger partial charge in [-0.25, -0.2) is 0 Å². The highest BCUT2D eigenvalue weighted by Crippen LogP contribution is 2.19. The second-order valence-electron chi connectivity index (χ2n) is 4.68. The van der Waals surface area contributed by atoms with Gasteiger partial charge in [0.05, 0.1) is 17.6 Å². The summed E-state index contributed by atoms with van der Waals surface area (Å²) >= 11 is 0. The molecule has 0 spiro atoms. The number of nitrogens with zero attached hydrogens (tertiary/aromatic N) is 2. The number of aliphatic carboxylic acids is 1. The molecule has 0 bridgehead atoms. The molecule has 1 atom stereocenters. The number of carbonyl (C=O) groups is 1. The summed E-state index contributed by atoms with van der Waals surface area (Å²) in [5.41, 5.74) is 1.65. The topological polar surface area (TPSA) is 64.3 Å². The molecule has 0 saturated carbocycles.